The molecule has 0 heterocycles. The van der Waals surface area contributed by atoms with Crippen LogP contribution in [0, 0.1) is 5.82 Å². The van der Waals surface area contributed by atoms with Gasteiger partial charge in [-0.05, 0) is 43.3 Å². The van der Waals surface area contributed by atoms with Gasteiger partial charge in [-0.1, -0.05) is 34.8 Å². The maximum Gasteiger partial charge on any atom is 0.329 e. The second-order valence-corrected chi connectivity index (χ2v) is 8.28. The summed E-state index contributed by atoms with van der Waals surface area (Å²) in [4.78, 5) is 12.0. The first kappa shape index (κ1) is 19.0. The van der Waals surface area contributed by atoms with Crippen molar-refractivity contribution in [3.63, 3.8) is 0 Å². The van der Waals surface area contributed by atoms with E-state index < -0.39 is 26.9 Å². The van der Waals surface area contributed by atoms with E-state index >= 15 is 0 Å². The Balaban J connectivity index is 2.28. The van der Waals surface area contributed by atoms with E-state index in [2.05, 4.69) is 0 Å². The molecule has 9 heteroatoms. The maximum atomic E-state index is 12.9. The maximum absolute atomic E-state index is 12.9. The molecular formula is C15H10Cl3FO4S. The van der Waals surface area contributed by atoms with Gasteiger partial charge in [-0.3, -0.25) is 4.79 Å². The summed E-state index contributed by atoms with van der Waals surface area (Å²) in [6.45, 7) is 1.15. The molecule has 24 heavy (non-hydrogen) atoms. The summed E-state index contributed by atoms with van der Waals surface area (Å²) >= 11 is 17.5. The second-order valence-electron chi connectivity index (χ2n) is 4.76. The van der Waals surface area contributed by atoms with Crippen molar-refractivity contribution in [1.82, 2.24) is 0 Å². The van der Waals surface area contributed by atoms with Gasteiger partial charge in [0.05, 0.1) is 14.9 Å². The molecule has 1 atom stereocenters. The lowest BCUT2D eigenvalue weighted by Gasteiger charge is -2.14. The van der Waals surface area contributed by atoms with E-state index in [4.69, 9.17) is 39.5 Å². The van der Waals surface area contributed by atoms with Crippen molar-refractivity contribution >= 4 is 50.6 Å². The highest BCUT2D eigenvalue weighted by Crippen LogP contribution is 2.36. The summed E-state index contributed by atoms with van der Waals surface area (Å²) in [5.74, 6) is -1.86. The van der Waals surface area contributed by atoms with E-state index in [-0.39, 0.29) is 25.7 Å². The third kappa shape index (κ3) is 4.00. The predicted octanol–water partition coefficient (Wildman–Crippen LogP) is 4.55. The molecule has 0 spiro atoms. The van der Waals surface area contributed by atoms with Crippen molar-refractivity contribution in [2.24, 2.45) is 0 Å². The zero-order valence-corrected chi connectivity index (χ0v) is 15.2. The van der Waals surface area contributed by atoms with Gasteiger partial charge in [-0.2, -0.15) is 0 Å². The quantitative estimate of drug-likeness (QED) is 0.420. The Bertz CT molecular complexity index is 859. The van der Waals surface area contributed by atoms with Gasteiger partial charge < -0.3 is 4.74 Å². The Hall–Kier alpha value is -1.34. The molecular weight excluding hydrogens is 402 g/mol. The van der Waals surface area contributed by atoms with Gasteiger partial charge in [0.25, 0.3) is 0 Å². The van der Waals surface area contributed by atoms with Gasteiger partial charge in [0, 0.05) is 5.02 Å². The lowest BCUT2D eigenvalue weighted by Crippen LogP contribution is -2.31. The zero-order valence-electron chi connectivity index (χ0n) is 12.1. The number of carbonyl (C=O) groups is 1. The average molecular weight is 412 g/mol. The lowest BCUT2D eigenvalue weighted by atomic mass is 10.3. The molecule has 0 fully saturated rings. The highest BCUT2D eigenvalue weighted by Gasteiger charge is 2.32. The van der Waals surface area contributed by atoms with Gasteiger partial charge in [-0.15, -0.1) is 0 Å². The smallest absolute Gasteiger partial charge is 0.329 e. The molecule has 128 valence electrons. The Morgan fingerprint density at radius 3 is 2.08 bits per heavy atom. The van der Waals surface area contributed by atoms with E-state index in [9.17, 15) is 17.6 Å². The molecule has 2 aromatic rings. The summed E-state index contributed by atoms with van der Waals surface area (Å²) < 4.78 is 42.7. The minimum absolute atomic E-state index is 0.0350. The molecule has 2 aromatic carbocycles. The van der Waals surface area contributed by atoms with E-state index in [0.717, 1.165) is 31.2 Å². The molecule has 0 radical (unpaired) electrons. The standard InChI is InChI=1S/C15H10Cl3FO4S/c1-8(24(21,22)11-4-2-10(19)3-5-11)15(20)23-14-12(17)6-9(16)7-13(14)18/h2-8H,1H3. The minimum atomic E-state index is -4.06. The van der Waals surface area contributed by atoms with Crippen molar-refractivity contribution < 1.29 is 22.3 Å². The molecule has 0 N–H and O–H groups in total. The third-order valence-electron chi connectivity index (χ3n) is 3.11. The number of hydrogen-bond donors (Lipinski definition) is 0. The number of benzene rings is 2. The number of carbonyl (C=O) groups excluding carboxylic acids is 1. The molecule has 0 aliphatic heterocycles. The number of esters is 1. The number of sulfone groups is 1. The summed E-state index contributed by atoms with van der Waals surface area (Å²) in [5.41, 5.74) is 0. The van der Waals surface area contributed by atoms with Crippen molar-refractivity contribution in [3.05, 3.63) is 57.3 Å². The van der Waals surface area contributed by atoms with Crippen molar-refractivity contribution in [2.75, 3.05) is 0 Å². The first-order valence-electron chi connectivity index (χ1n) is 6.48. The summed E-state index contributed by atoms with van der Waals surface area (Å²) in [7, 11) is -4.06. The van der Waals surface area contributed by atoms with Crippen LogP contribution < -0.4 is 4.74 Å². The van der Waals surface area contributed by atoms with Crippen LogP contribution in [0.3, 0.4) is 0 Å². The number of rotatable bonds is 4. The zero-order chi connectivity index (χ0) is 18.1. The summed E-state index contributed by atoms with van der Waals surface area (Å²) in [6.07, 6.45) is 0. The van der Waals surface area contributed by atoms with Crippen LogP contribution in [0.4, 0.5) is 4.39 Å². The fourth-order valence-electron chi connectivity index (χ4n) is 1.77. The van der Waals surface area contributed by atoms with Crippen LogP contribution in [0.15, 0.2) is 41.3 Å². The fourth-order valence-corrected chi connectivity index (χ4v) is 3.88. The molecule has 2 rings (SSSR count). The molecule has 0 aliphatic rings. The van der Waals surface area contributed by atoms with Gasteiger partial charge in [0.15, 0.2) is 20.8 Å². The second kappa shape index (κ2) is 7.27. The van der Waals surface area contributed by atoms with Crippen LogP contribution in [-0.4, -0.2) is 19.6 Å². The predicted molar refractivity (Wildman–Crippen MR) is 90.2 cm³/mol. The molecule has 0 aromatic heterocycles. The van der Waals surface area contributed by atoms with Crippen LogP contribution in [0.1, 0.15) is 6.92 Å². The van der Waals surface area contributed by atoms with Crippen molar-refractivity contribution in [2.45, 2.75) is 17.1 Å². The SMILES string of the molecule is CC(C(=O)Oc1c(Cl)cc(Cl)cc1Cl)S(=O)(=O)c1ccc(F)cc1. The molecule has 1 unspecified atom stereocenters. The monoisotopic (exact) mass is 410 g/mol. The van der Waals surface area contributed by atoms with Gasteiger partial charge >= 0.3 is 5.97 Å². The fraction of sp³-hybridized carbons (Fsp3) is 0.133. The van der Waals surface area contributed by atoms with Crippen LogP contribution in [0.5, 0.6) is 5.75 Å². The minimum Gasteiger partial charge on any atom is -0.422 e. The Morgan fingerprint density at radius 1 is 1.08 bits per heavy atom. The Kier molecular flexibility index (Phi) is 5.75. The molecule has 0 saturated heterocycles. The van der Waals surface area contributed by atoms with Crippen molar-refractivity contribution in [1.29, 1.82) is 0 Å². The van der Waals surface area contributed by atoms with E-state index in [1.165, 1.54) is 12.1 Å². The van der Waals surface area contributed by atoms with E-state index in [0.29, 0.717) is 0 Å². The van der Waals surface area contributed by atoms with Gasteiger partial charge in [0.1, 0.15) is 5.82 Å². The topological polar surface area (TPSA) is 60.4 Å². The largest absolute Gasteiger partial charge is 0.422 e. The molecule has 4 nitrogen and oxygen atoms in total. The molecule has 0 amide bonds. The van der Waals surface area contributed by atoms with Crippen LogP contribution in [0.25, 0.3) is 0 Å². The van der Waals surface area contributed by atoms with Crippen molar-refractivity contribution in [3.8, 4) is 5.75 Å². The lowest BCUT2D eigenvalue weighted by molar-refractivity contribution is -0.133. The van der Waals surface area contributed by atoms with E-state index in [1.54, 1.807) is 0 Å². The molecule has 0 aliphatic carbocycles. The summed E-state index contributed by atoms with van der Waals surface area (Å²) in [6, 6.07) is 6.70. The van der Waals surface area contributed by atoms with E-state index in [1.807, 2.05) is 0 Å². The third-order valence-corrected chi connectivity index (χ3v) is 5.94. The first-order valence-corrected chi connectivity index (χ1v) is 9.16. The Labute approximate surface area is 153 Å². The Morgan fingerprint density at radius 2 is 1.58 bits per heavy atom. The van der Waals surface area contributed by atoms with Crippen LogP contribution in [0.2, 0.25) is 15.1 Å². The molecule has 0 saturated carbocycles. The number of ether oxygens (including phenoxy) is 1. The van der Waals surface area contributed by atoms with Gasteiger partial charge in [-0.25, -0.2) is 12.8 Å². The van der Waals surface area contributed by atoms with Crippen LogP contribution in [-0.2, 0) is 14.6 Å². The number of halogens is 4. The van der Waals surface area contributed by atoms with Gasteiger partial charge in [0.2, 0.25) is 0 Å². The normalized spacial score (nSPS) is 12.7. The highest BCUT2D eigenvalue weighted by molar-refractivity contribution is 7.92. The molecule has 0 bridgehead atoms. The average Bonchev–Trinajstić information content (AvgIpc) is 2.50. The van der Waals surface area contributed by atoms with Crippen LogP contribution >= 0.6 is 34.8 Å². The summed E-state index contributed by atoms with van der Waals surface area (Å²) in [5, 5.41) is -1.39. The number of hydrogen-bond acceptors (Lipinski definition) is 4. The first-order chi connectivity index (χ1) is 11.1. The highest BCUT2D eigenvalue weighted by atomic mass is 35.5.